The number of carbonyl (C=O) groups excluding carboxylic acids is 2. The summed E-state index contributed by atoms with van der Waals surface area (Å²) >= 11 is 0. The number of piperidine rings is 1. The molecule has 2 bridgehead atoms. The number of halogens is 3. The molecule has 1 saturated carbocycles. The van der Waals surface area contributed by atoms with Gasteiger partial charge in [-0.1, -0.05) is 5.92 Å². The van der Waals surface area contributed by atoms with E-state index in [4.69, 9.17) is 9.47 Å². The van der Waals surface area contributed by atoms with Gasteiger partial charge in [0.05, 0.1) is 11.6 Å². The molecule has 210 valence electrons. The maximum atomic E-state index is 13.2. The van der Waals surface area contributed by atoms with Crippen LogP contribution in [-0.4, -0.2) is 65.6 Å². The van der Waals surface area contributed by atoms with Crippen molar-refractivity contribution in [2.24, 2.45) is 5.92 Å². The lowest BCUT2D eigenvalue weighted by atomic mass is 9.51. The molecule has 1 amide bonds. The highest BCUT2D eigenvalue weighted by molar-refractivity contribution is 5.94. The van der Waals surface area contributed by atoms with Crippen LogP contribution in [0.3, 0.4) is 0 Å². The fourth-order valence-corrected chi connectivity index (χ4v) is 7.51. The third kappa shape index (κ3) is 3.93. The molecule has 2 aliphatic carbocycles. The number of phenolic OH excluding ortho intramolecular Hbond substituents is 1. The summed E-state index contributed by atoms with van der Waals surface area (Å²) < 4.78 is 50.7. The number of aromatic hydroxyl groups is 1. The van der Waals surface area contributed by atoms with Crippen LogP contribution in [0.2, 0.25) is 0 Å². The molecule has 5 atom stereocenters. The van der Waals surface area contributed by atoms with Crippen LogP contribution in [0.15, 0.2) is 30.3 Å². The van der Waals surface area contributed by atoms with Crippen molar-refractivity contribution in [2.75, 3.05) is 20.6 Å². The zero-order chi connectivity index (χ0) is 28.6. The van der Waals surface area contributed by atoms with Crippen molar-refractivity contribution in [2.45, 2.75) is 62.4 Å². The van der Waals surface area contributed by atoms with Crippen LogP contribution in [0, 0.1) is 17.8 Å². The van der Waals surface area contributed by atoms with E-state index in [0.717, 1.165) is 42.6 Å². The molecule has 2 heterocycles. The van der Waals surface area contributed by atoms with Crippen LogP contribution in [-0.2, 0) is 27.6 Å². The van der Waals surface area contributed by atoms with Crippen LogP contribution in [0.1, 0.15) is 48.4 Å². The van der Waals surface area contributed by atoms with Crippen LogP contribution in [0.5, 0.6) is 17.2 Å². The molecule has 1 spiro atoms. The first-order chi connectivity index (χ1) is 18.9. The molecule has 1 N–H and O–H groups in total. The van der Waals surface area contributed by atoms with E-state index < -0.39 is 35.1 Å². The summed E-state index contributed by atoms with van der Waals surface area (Å²) in [5, 5.41) is 11.0. The number of likely N-dealkylation sites (tertiary alicyclic amines) is 1. The highest BCUT2D eigenvalue weighted by Crippen LogP contribution is 2.65. The summed E-state index contributed by atoms with van der Waals surface area (Å²) in [7, 11) is 3.76. The maximum Gasteiger partial charge on any atom is 0.416 e. The molecule has 2 fully saturated rings. The van der Waals surface area contributed by atoms with E-state index in [1.807, 2.05) is 0 Å². The van der Waals surface area contributed by atoms with E-state index in [0.29, 0.717) is 29.9 Å². The Morgan fingerprint density at radius 3 is 2.62 bits per heavy atom. The monoisotopic (exact) mass is 554 g/mol. The highest BCUT2D eigenvalue weighted by Gasteiger charge is 2.66. The number of likely N-dealkylation sites (N-methyl/N-ethyl adjacent to an activating group) is 2. The Hall–Kier alpha value is -3.71. The van der Waals surface area contributed by atoms with Crippen LogP contribution >= 0.6 is 0 Å². The number of alkyl halides is 3. The van der Waals surface area contributed by atoms with Crippen LogP contribution in [0.25, 0.3) is 0 Å². The zero-order valence-electron chi connectivity index (χ0n) is 22.3. The normalized spacial score (nSPS) is 28.1. The first-order valence-electron chi connectivity index (χ1n) is 13.3. The minimum absolute atomic E-state index is 0.0928. The third-order valence-corrected chi connectivity index (χ3v) is 9.25. The summed E-state index contributed by atoms with van der Waals surface area (Å²) in [5.74, 6) is 5.21. The van der Waals surface area contributed by atoms with Crippen molar-refractivity contribution in [1.29, 1.82) is 0 Å². The number of rotatable bonds is 2. The van der Waals surface area contributed by atoms with Gasteiger partial charge in [-0.3, -0.25) is 9.59 Å². The van der Waals surface area contributed by atoms with Gasteiger partial charge in [0.15, 0.2) is 11.5 Å². The van der Waals surface area contributed by atoms with Crippen LogP contribution in [0.4, 0.5) is 13.2 Å². The highest BCUT2D eigenvalue weighted by atomic mass is 19.4. The topological polar surface area (TPSA) is 79.3 Å². The van der Waals surface area contributed by atoms with Crippen LogP contribution < -0.4 is 9.47 Å². The molecule has 0 unspecified atom stereocenters. The fourth-order valence-electron chi connectivity index (χ4n) is 7.51. The maximum absolute atomic E-state index is 13.2. The molecule has 2 aromatic carbocycles. The lowest BCUT2D eigenvalue weighted by Gasteiger charge is -2.59. The Kier molecular flexibility index (Phi) is 6.07. The van der Waals surface area contributed by atoms with Crippen molar-refractivity contribution >= 4 is 11.9 Å². The van der Waals surface area contributed by atoms with Crippen molar-refractivity contribution in [3.8, 4) is 29.1 Å². The number of esters is 1. The van der Waals surface area contributed by atoms with Gasteiger partial charge in [-0.25, -0.2) is 0 Å². The lowest BCUT2D eigenvalue weighted by Crippen LogP contribution is -2.68. The second-order valence-corrected chi connectivity index (χ2v) is 11.2. The zero-order valence-corrected chi connectivity index (χ0v) is 22.3. The molecular formula is C30H29F3N2O5. The second-order valence-electron chi connectivity index (χ2n) is 11.2. The molecule has 1 saturated heterocycles. The minimum atomic E-state index is -4.45. The number of carbonyl (C=O) groups is 2. The Morgan fingerprint density at radius 2 is 1.95 bits per heavy atom. The molecule has 2 aliphatic heterocycles. The Balaban J connectivity index is 1.34. The number of phenols is 1. The number of amides is 1. The van der Waals surface area contributed by atoms with Crippen molar-refractivity contribution in [3.05, 3.63) is 52.6 Å². The molecular weight excluding hydrogens is 525 g/mol. The molecule has 6 rings (SSSR count). The van der Waals surface area contributed by atoms with Gasteiger partial charge >= 0.3 is 12.1 Å². The summed E-state index contributed by atoms with van der Waals surface area (Å²) in [6.07, 6.45) is -1.95. The lowest BCUT2D eigenvalue weighted by molar-refractivity contribution is -0.137. The van der Waals surface area contributed by atoms with Crippen molar-refractivity contribution in [3.63, 3.8) is 0 Å². The largest absolute Gasteiger partial charge is 0.504 e. The van der Waals surface area contributed by atoms with Crippen molar-refractivity contribution < 1.29 is 37.3 Å². The molecule has 7 nitrogen and oxygen atoms in total. The standard InChI is InChI=1S/C30H29F3N2O5/c1-16(36)39-24-15-23(37)27-26-19(24)14-22-20-9-10-21(28(40-27)29(20,26)12-13-34(22)2)35(3)25(38)11-6-17-4-7-18(8-5-17)30(31,32)33/h4-5,7-8,15,20-22,28,37H,9-10,12-14H2,1-3H3/t20-,21-,22+,28-,29-/m0/s1. The second kappa shape index (κ2) is 9.16. The van der Waals surface area contributed by atoms with Gasteiger partial charge < -0.3 is 24.4 Å². The van der Waals surface area contributed by atoms with Gasteiger partial charge in [0.25, 0.3) is 5.91 Å². The van der Waals surface area contributed by atoms with Gasteiger partial charge in [0.1, 0.15) is 11.9 Å². The SMILES string of the molecule is CC(=O)Oc1cc(O)c2c3c1C[C@@H]1[C@@H]4CC[C@H](N(C)C(=O)C#Cc5ccc(C(F)(F)F)cc5)[C@H](O2)[C@]34CCN1C. The first kappa shape index (κ1) is 26.5. The van der Waals surface area contributed by atoms with E-state index in [-0.39, 0.29) is 23.8 Å². The Morgan fingerprint density at radius 1 is 1.23 bits per heavy atom. The third-order valence-electron chi connectivity index (χ3n) is 9.25. The minimum Gasteiger partial charge on any atom is -0.504 e. The van der Waals surface area contributed by atoms with Gasteiger partial charge in [-0.2, -0.15) is 13.2 Å². The molecule has 0 aromatic heterocycles. The quantitative estimate of drug-likeness (QED) is 0.345. The predicted octanol–water partition coefficient (Wildman–Crippen LogP) is 3.88. The van der Waals surface area contributed by atoms with Gasteiger partial charge in [-0.15, -0.1) is 0 Å². The van der Waals surface area contributed by atoms with E-state index in [1.165, 1.54) is 25.1 Å². The number of hydrogen-bond donors (Lipinski definition) is 1. The average molecular weight is 555 g/mol. The molecule has 10 heteroatoms. The van der Waals surface area contributed by atoms with E-state index >= 15 is 0 Å². The van der Waals surface area contributed by atoms with Crippen molar-refractivity contribution in [1.82, 2.24) is 9.80 Å². The van der Waals surface area contributed by atoms with E-state index in [2.05, 4.69) is 23.8 Å². The summed E-state index contributed by atoms with van der Waals surface area (Å²) in [6, 6.07) is 5.67. The smallest absolute Gasteiger partial charge is 0.416 e. The predicted molar refractivity (Wildman–Crippen MR) is 138 cm³/mol. The first-order valence-corrected chi connectivity index (χ1v) is 13.3. The Bertz CT molecular complexity index is 1460. The van der Waals surface area contributed by atoms with E-state index in [1.54, 1.807) is 11.9 Å². The summed E-state index contributed by atoms with van der Waals surface area (Å²) in [4.78, 5) is 29.0. The van der Waals surface area contributed by atoms with Gasteiger partial charge in [0.2, 0.25) is 0 Å². The Labute approximate surface area is 229 Å². The number of nitrogens with zero attached hydrogens (tertiary/aromatic N) is 2. The number of benzene rings is 2. The molecule has 2 aromatic rings. The summed E-state index contributed by atoms with van der Waals surface area (Å²) in [6.45, 7) is 2.15. The van der Waals surface area contributed by atoms with E-state index in [9.17, 15) is 27.9 Å². The fraction of sp³-hybridized carbons (Fsp3) is 0.467. The number of hydrogen-bond acceptors (Lipinski definition) is 6. The number of ether oxygens (including phenoxy) is 2. The van der Waals surface area contributed by atoms with Gasteiger partial charge in [0, 0.05) is 54.1 Å². The average Bonchev–Trinajstić information content (AvgIpc) is 3.25. The molecule has 4 aliphatic rings. The molecule has 40 heavy (non-hydrogen) atoms. The summed E-state index contributed by atoms with van der Waals surface area (Å²) in [5.41, 5.74) is 0.824. The van der Waals surface area contributed by atoms with Gasteiger partial charge in [-0.05, 0) is 69.5 Å². The molecule has 0 radical (unpaired) electrons.